The van der Waals surface area contributed by atoms with Gasteiger partial charge < -0.3 is 0 Å². The number of pyridine rings is 1. The molecule has 0 bridgehead atoms. The van der Waals surface area contributed by atoms with Crippen molar-refractivity contribution in [3.05, 3.63) is 54.2 Å². The first-order valence-electron chi connectivity index (χ1n) is 8.85. The number of hydrogen-bond acceptors (Lipinski definition) is 4. The third-order valence-electron chi connectivity index (χ3n) is 4.93. The molecule has 0 N–H and O–H groups in total. The summed E-state index contributed by atoms with van der Waals surface area (Å²) in [7, 11) is 3.90. The Morgan fingerprint density at radius 1 is 1.00 bits per heavy atom. The lowest BCUT2D eigenvalue weighted by molar-refractivity contribution is 0.140. The molecule has 0 saturated carbocycles. The van der Waals surface area contributed by atoms with Crippen LogP contribution in [0.15, 0.2) is 43.1 Å². The highest BCUT2D eigenvalue weighted by Gasteiger charge is 2.24. The first kappa shape index (κ1) is 16.0. The number of rotatable bonds is 4. The molecule has 25 heavy (non-hydrogen) atoms. The van der Waals surface area contributed by atoms with E-state index in [0.717, 1.165) is 24.3 Å². The zero-order valence-corrected chi connectivity index (χ0v) is 14.8. The average molecular weight is 336 g/mol. The molecule has 6 heteroatoms. The third-order valence-corrected chi connectivity index (χ3v) is 4.93. The van der Waals surface area contributed by atoms with Crippen LogP contribution < -0.4 is 0 Å². The molecule has 0 aromatic carbocycles. The molecule has 1 atom stereocenters. The molecule has 6 nitrogen and oxygen atoms in total. The van der Waals surface area contributed by atoms with Crippen molar-refractivity contribution >= 4 is 0 Å². The number of piperidine rings is 1. The molecular weight excluding hydrogens is 312 g/mol. The van der Waals surface area contributed by atoms with Gasteiger partial charge in [0.15, 0.2) is 0 Å². The summed E-state index contributed by atoms with van der Waals surface area (Å²) in [4.78, 5) is 7.24. The van der Waals surface area contributed by atoms with Crippen LogP contribution in [0.1, 0.15) is 36.4 Å². The lowest BCUT2D eigenvalue weighted by Crippen LogP contribution is -2.32. The monoisotopic (exact) mass is 336 g/mol. The summed E-state index contributed by atoms with van der Waals surface area (Å²) < 4.78 is 3.68. The fraction of sp³-hybridized carbons (Fsp3) is 0.421. The standard InChI is InChI=1S/C19H24N6/c1-23-12-15(9-21-23)13-25-8-4-3-5-19(25)16-6-7-18(20-10-16)17-11-22-24(2)14-17/h6-7,9-12,14,19H,3-5,8,13H2,1-2H3/t19-/m0/s1. The van der Waals surface area contributed by atoms with Crippen LogP contribution in [-0.2, 0) is 20.6 Å². The lowest BCUT2D eigenvalue weighted by atomic mass is 9.95. The second-order valence-corrected chi connectivity index (χ2v) is 6.88. The van der Waals surface area contributed by atoms with Gasteiger partial charge in [-0.1, -0.05) is 12.5 Å². The molecular formula is C19H24N6. The fourth-order valence-electron chi connectivity index (χ4n) is 3.67. The van der Waals surface area contributed by atoms with Crippen molar-refractivity contribution in [2.24, 2.45) is 14.1 Å². The van der Waals surface area contributed by atoms with Gasteiger partial charge in [0.2, 0.25) is 0 Å². The number of nitrogens with zero attached hydrogens (tertiary/aromatic N) is 6. The Bertz CT molecular complexity index is 832. The van der Waals surface area contributed by atoms with Gasteiger partial charge in [-0.15, -0.1) is 0 Å². The van der Waals surface area contributed by atoms with Crippen LogP contribution >= 0.6 is 0 Å². The van der Waals surface area contributed by atoms with E-state index in [2.05, 4.69) is 38.4 Å². The van der Waals surface area contributed by atoms with Crippen molar-refractivity contribution in [3.8, 4) is 11.3 Å². The minimum absolute atomic E-state index is 0.435. The van der Waals surface area contributed by atoms with Crippen LogP contribution in [0.5, 0.6) is 0 Å². The van der Waals surface area contributed by atoms with Crippen LogP contribution in [0.4, 0.5) is 0 Å². The first-order chi connectivity index (χ1) is 12.2. The van der Waals surface area contributed by atoms with E-state index in [-0.39, 0.29) is 0 Å². The number of hydrogen-bond donors (Lipinski definition) is 0. The highest BCUT2D eigenvalue weighted by Crippen LogP contribution is 2.32. The van der Waals surface area contributed by atoms with E-state index in [9.17, 15) is 0 Å². The fourth-order valence-corrected chi connectivity index (χ4v) is 3.67. The summed E-state index contributed by atoms with van der Waals surface area (Å²) in [6.45, 7) is 2.08. The van der Waals surface area contributed by atoms with Gasteiger partial charge in [-0.05, 0) is 31.0 Å². The summed E-state index contributed by atoms with van der Waals surface area (Å²) in [5.41, 5.74) is 4.61. The molecule has 3 aromatic rings. The molecule has 0 spiro atoms. The maximum Gasteiger partial charge on any atom is 0.0733 e. The number of aryl methyl sites for hydroxylation is 2. The summed E-state index contributed by atoms with van der Waals surface area (Å²) in [6.07, 6.45) is 13.7. The van der Waals surface area contributed by atoms with Crippen LogP contribution in [0.25, 0.3) is 11.3 Å². The lowest BCUT2D eigenvalue weighted by Gasteiger charge is -2.35. The Morgan fingerprint density at radius 3 is 2.52 bits per heavy atom. The highest BCUT2D eigenvalue weighted by atomic mass is 15.2. The normalized spacial score (nSPS) is 18.6. The van der Waals surface area contributed by atoms with Crippen LogP contribution in [-0.4, -0.2) is 36.0 Å². The maximum atomic E-state index is 4.69. The van der Waals surface area contributed by atoms with Crippen molar-refractivity contribution in [1.82, 2.24) is 29.4 Å². The minimum Gasteiger partial charge on any atom is -0.292 e. The molecule has 130 valence electrons. The van der Waals surface area contributed by atoms with Gasteiger partial charge in [0.1, 0.15) is 0 Å². The van der Waals surface area contributed by atoms with Crippen molar-refractivity contribution in [2.75, 3.05) is 6.54 Å². The van der Waals surface area contributed by atoms with Crippen molar-refractivity contribution in [1.29, 1.82) is 0 Å². The van der Waals surface area contributed by atoms with E-state index in [1.54, 1.807) is 0 Å². The van der Waals surface area contributed by atoms with Gasteiger partial charge in [-0.2, -0.15) is 10.2 Å². The quantitative estimate of drug-likeness (QED) is 0.735. The van der Waals surface area contributed by atoms with E-state index < -0.39 is 0 Å². The molecule has 1 aliphatic rings. The van der Waals surface area contributed by atoms with E-state index >= 15 is 0 Å². The third kappa shape index (κ3) is 3.49. The molecule has 4 rings (SSSR count). The van der Waals surface area contributed by atoms with E-state index in [1.807, 2.05) is 48.2 Å². The zero-order chi connectivity index (χ0) is 17.2. The van der Waals surface area contributed by atoms with Gasteiger partial charge in [0.05, 0.1) is 18.1 Å². The Labute approximate surface area is 148 Å². The number of likely N-dealkylation sites (tertiary alicyclic amines) is 1. The predicted molar refractivity (Wildman–Crippen MR) is 96.6 cm³/mol. The van der Waals surface area contributed by atoms with Crippen molar-refractivity contribution < 1.29 is 0 Å². The molecule has 1 saturated heterocycles. The topological polar surface area (TPSA) is 51.8 Å². The second-order valence-electron chi connectivity index (χ2n) is 6.88. The van der Waals surface area contributed by atoms with E-state index in [0.29, 0.717) is 6.04 Å². The molecule has 0 amide bonds. The van der Waals surface area contributed by atoms with Gasteiger partial charge >= 0.3 is 0 Å². The SMILES string of the molecule is Cn1cc(CN2CCCC[C@H]2c2ccc(-c3cnn(C)c3)nc2)cn1. The average Bonchev–Trinajstić information content (AvgIpc) is 3.24. The summed E-state index contributed by atoms with van der Waals surface area (Å²) >= 11 is 0. The van der Waals surface area contributed by atoms with Crippen molar-refractivity contribution in [3.63, 3.8) is 0 Å². The van der Waals surface area contributed by atoms with Gasteiger partial charge in [-0.3, -0.25) is 19.2 Å². The van der Waals surface area contributed by atoms with Gasteiger partial charge in [0.25, 0.3) is 0 Å². The maximum absolute atomic E-state index is 4.69. The molecule has 3 aromatic heterocycles. The van der Waals surface area contributed by atoms with Crippen molar-refractivity contribution in [2.45, 2.75) is 31.8 Å². The second kappa shape index (κ2) is 6.80. The Hall–Kier alpha value is -2.47. The smallest absolute Gasteiger partial charge is 0.0733 e. The summed E-state index contributed by atoms with van der Waals surface area (Å²) in [5.74, 6) is 0. The van der Waals surface area contributed by atoms with E-state index in [4.69, 9.17) is 0 Å². The Kier molecular flexibility index (Phi) is 4.36. The molecule has 4 heterocycles. The minimum atomic E-state index is 0.435. The molecule has 0 aliphatic carbocycles. The van der Waals surface area contributed by atoms with Crippen LogP contribution in [0.2, 0.25) is 0 Å². The van der Waals surface area contributed by atoms with Gasteiger partial charge in [0, 0.05) is 56.4 Å². The molecule has 0 radical (unpaired) electrons. The van der Waals surface area contributed by atoms with Gasteiger partial charge in [-0.25, -0.2) is 0 Å². The molecule has 1 aliphatic heterocycles. The molecule has 0 unspecified atom stereocenters. The molecule has 1 fully saturated rings. The highest BCUT2D eigenvalue weighted by molar-refractivity contribution is 5.56. The predicted octanol–water partition coefficient (Wildman–Crippen LogP) is 2.94. The van der Waals surface area contributed by atoms with Crippen LogP contribution in [0, 0.1) is 0 Å². The Balaban J connectivity index is 1.53. The zero-order valence-electron chi connectivity index (χ0n) is 14.8. The van der Waals surface area contributed by atoms with Crippen LogP contribution in [0.3, 0.4) is 0 Å². The van der Waals surface area contributed by atoms with E-state index in [1.165, 1.54) is 30.4 Å². The first-order valence-corrected chi connectivity index (χ1v) is 8.85. The largest absolute Gasteiger partial charge is 0.292 e. The Morgan fingerprint density at radius 2 is 1.84 bits per heavy atom. The summed E-state index contributed by atoms with van der Waals surface area (Å²) in [5, 5.41) is 8.52. The summed E-state index contributed by atoms with van der Waals surface area (Å²) in [6, 6.07) is 4.77. The number of aromatic nitrogens is 5.